The van der Waals surface area contributed by atoms with Crippen LogP contribution in [-0.2, 0) is 4.74 Å². The third-order valence-electron chi connectivity index (χ3n) is 3.00. The van der Waals surface area contributed by atoms with Crippen molar-refractivity contribution in [2.45, 2.75) is 52.4 Å². The van der Waals surface area contributed by atoms with Gasteiger partial charge in [0.1, 0.15) is 11.3 Å². The highest BCUT2D eigenvalue weighted by atomic mass is 19.4. The van der Waals surface area contributed by atoms with Gasteiger partial charge < -0.3 is 10.1 Å². The summed E-state index contributed by atoms with van der Waals surface area (Å²) in [7, 11) is 0. The molecule has 0 heterocycles. The summed E-state index contributed by atoms with van der Waals surface area (Å²) in [5.74, 6) is 0. The van der Waals surface area contributed by atoms with Gasteiger partial charge in [0, 0.05) is 12.1 Å². The molecule has 0 saturated carbocycles. The van der Waals surface area contributed by atoms with E-state index in [0.29, 0.717) is 5.56 Å². The van der Waals surface area contributed by atoms with Crippen LogP contribution >= 0.6 is 0 Å². The van der Waals surface area contributed by atoms with Crippen molar-refractivity contribution < 1.29 is 22.7 Å². The van der Waals surface area contributed by atoms with Gasteiger partial charge in [-0.05, 0) is 40.2 Å². The van der Waals surface area contributed by atoms with Crippen molar-refractivity contribution in [1.29, 1.82) is 0 Å². The van der Waals surface area contributed by atoms with Crippen LogP contribution in [0.15, 0.2) is 29.3 Å². The van der Waals surface area contributed by atoms with Gasteiger partial charge >= 0.3 is 12.3 Å². The number of halogens is 3. The molecule has 0 radical (unpaired) electrons. The quantitative estimate of drug-likeness (QED) is 0.809. The number of amides is 1. The maximum absolute atomic E-state index is 13.0. The Morgan fingerprint density at radius 1 is 1.21 bits per heavy atom. The van der Waals surface area contributed by atoms with Gasteiger partial charge in [-0.3, -0.25) is 4.99 Å². The summed E-state index contributed by atoms with van der Waals surface area (Å²) in [4.78, 5) is 15.3. The molecule has 1 unspecified atom stereocenters. The Kier molecular flexibility index (Phi) is 6.40. The second kappa shape index (κ2) is 7.68. The lowest BCUT2D eigenvalue weighted by Crippen LogP contribution is -2.34. The number of aliphatic imine (C=N–C) groups is 1. The number of benzene rings is 1. The van der Waals surface area contributed by atoms with Crippen LogP contribution in [0.3, 0.4) is 0 Å². The van der Waals surface area contributed by atoms with Crippen molar-refractivity contribution in [1.82, 2.24) is 5.32 Å². The maximum atomic E-state index is 13.0. The fraction of sp³-hybridized carbons (Fsp3) is 0.529. The molecule has 1 aromatic rings. The number of rotatable bonds is 4. The molecule has 4 nitrogen and oxygen atoms in total. The van der Waals surface area contributed by atoms with E-state index in [2.05, 4.69) is 10.3 Å². The molecule has 0 aliphatic rings. The standard InChI is InChI=1S/C17H23F3N2O2/c1-6-21-14(17(18,19)20)13-9-7-12(8-10-13)11(2)22-15(23)24-16(3,4)5/h7-11H,6H2,1-5H3,(H,22,23). The Labute approximate surface area is 140 Å². The molecule has 0 aliphatic carbocycles. The fourth-order valence-corrected chi connectivity index (χ4v) is 2.00. The van der Waals surface area contributed by atoms with Gasteiger partial charge in [0.05, 0.1) is 6.04 Å². The summed E-state index contributed by atoms with van der Waals surface area (Å²) in [5.41, 5.74) is -0.851. The van der Waals surface area contributed by atoms with Crippen LogP contribution < -0.4 is 5.32 Å². The summed E-state index contributed by atoms with van der Waals surface area (Å²) in [6, 6.07) is 5.38. The first-order valence-electron chi connectivity index (χ1n) is 7.65. The Bertz CT molecular complexity index is 587. The number of alkyl carbamates (subject to hydrolysis) is 1. The van der Waals surface area contributed by atoms with Crippen LogP contribution in [-0.4, -0.2) is 30.1 Å². The molecule has 0 saturated heterocycles. The van der Waals surface area contributed by atoms with E-state index in [9.17, 15) is 18.0 Å². The van der Waals surface area contributed by atoms with Crippen LogP contribution in [0.25, 0.3) is 0 Å². The Hall–Kier alpha value is -2.05. The molecule has 0 spiro atoms. The van der Waals surface area contributed by atoms with Crippen molar-refractivity contribution in [3.05, 3.63) is 35.4 Å². The lowest BCUT2D eigenvalue weighted by Gasteiger charge is -2.22. The molecule has 0 aliphatic heterocycles. The van der Waals surface area contributed by atoms with Gasteiger partial charge in [-0.2, -0.15) is 13.2 Å². The minimum Gasteiger partial charge on any atom is -0.444 e. The van der Waals surface area contributed by atoms with E-state index in [1.165, 1.54) is 24.3 Å². The Morgan fingerprint density at radius 2 is 1.75 bits per heavy atom. The van der Waals surface area contributed by atoms with E-state index in [1.54, 1.807) is 34.6 Å². The van der Waals surface area contributed by atoms with Crippen molar-refractivity contribution in [3.63, 3.8) is 0 Å². The molecule has 1 atom stereocenters. The zero-order valence-electron chi connectivity index (χ0n) is 14.5. The average molecular weight is 344 g/mol. The smallest absolute Gasteiger partial charge is 0.433 e. The molecular formula is C17H23F3N2O2. The first-order valence-corrected chi connectivity index (χ1v) is 7.65. The zero-order chi connectivity index (χ0) is 18.5. The third-order valence-corrected chi connectivity index (χ3v) is 3.00. The predicted octanol–water partition coefficient (Wildman–Crippen LogP) is 4.64. The molecule has 1 N–H and O–H groups in total. The van der Waals surface area contributed by atoms with Crippen molar-refractivity contribution in [2.24, 2.45) is 4.99 Å². The number of nitrogens with one attached hydrogen (secondary N) is 1. The molecule has 24 heavy (non-hydrogen) atoms. The molecule has 1 amide bonds. The number of carbonyl (C=O) groups is 1. The van der Waals surface area contributed by atoms with Crippen LogP contribution in [0.4, 0.5) is 18.0 Å². The van der Waals surface area contributed by atoms with E-state index >= 15 is 0 Å². The number of nitrogens with zero attached hydrogens (tertiary/aromatic N) is 1. The van der Waals surface area contributed by atoms with Crippen LogP contribution in [0, 0.1) is 0 Å². The summed E-state index contributed by atoms with van der Waals surface area (Å²) in [6.07, 6.45) is -5.08. The Morgan fingerprint density at radius 3 is 2.17 bits per heavy atom. The van der Waals surface area contributed by atoms with E-state index in [-0.39, 0.29) is 12.1 Å². The summed E-state index contributed by atoms with van der Waals surface area (Å²) in [5, 5.41) is 2.64. The summed E-state index contributed by atoms with van der Waals surface area (Å²) >= 11 is 0. The fourth-order valence-electron chi connectivity index (χ4n) is 2.00. The second-order valence-corrected chi connectivity index (χ2v) is 6.31. The monoisotopic (exact) mass is 344 g/mol. The minimum atomic E-state index is -4.50. The van der Waals surface area contributed by atoms with Gasteiger partial charge in [-0.1, -0.05) is 24.3 Å². The van der Waals surface area contributed by atoms with E-state index in [0.717, 1.165) is 0 Å². The molecular weight excluding hydrogens is 321 g/mol. The first-order chi connectivity index (χ1) is 10.9. The number of alkyl halides is 3. The lowest BCUT2D eigenvalue weighted by molar-refractivity contribution is -0.0582. The highest BCUT2D eigenvalue weighted by Crippen LogP contribution is 2.24. The van der Waals surface area contributed by atoms with Gasteiger partial charge in [0.15, 0.2) is 0 Å². The van der Waals surface area contributed by atoms with Crippen LogP contribution in [0.5, 0.6) is 0 Å². The molecule has 0 aromatic heterocycles. The van der Waals surface area contributed by atoms with Gasteiger partial charge in [-0.15, -0.1) is 0 Å². The van der Waals surface area contributed by atoms with Crippen LogP contribution in [0.2, 0.25) is 0 Å². The molecule has 1 rings (SSSR count). The molecule has 0 bridgehead atoms. The molecule has 7 heteroatoms. The van der Waals surface area contributed by atoms with Crippen molar-refractivity contribution in [3.8, 4) is 0 Å². The highest BCUT2D eigenvalue weighted by molar-refractivity contribution is 6.04. The minimum absolute atomic E-state index is 0.00225. The molecule has 1 aromatic carbocycles. The predicted molar refractivity (Wildman–Crippen MR) is 87.4 cm³/mol. The number of hydrogen-bond donors (Lipinski definition) is 1. The van der Waals surface area contributed by atoms with Gasteiger partial charge in [-0.25, -0.2) is 4.79 Å². The van der Waals surface area contributed by atoms with Crippen LogP contribution in [0.1, 0.15) is 51.8 Å². The normalized spacial score (nSPS) is 14.2. The van der Waals surface area contributed by atoms with Crippen molar-refractivity contribution >= 4 is 11.8 Å². The SMILES string of the molecule is CCN=C(c1ccc(C(C)NC(=O)OC(C)(C)C)cc1)C(F)(F)F. The van der Waals surface area contributed by atoms with Crippen molar-refractivity contribution in [2.75, 3.05) is 6.54 Å². The largest absolute Gasteiger partial charge is 0.444 e. The average Bonchev–Trinajstić information content (AvgIpc) is 2.41. The maximum Gasteiger partial charge on any atom is 0.433 e. The van der Waals surface area contributed by atoms with E-state index in [4.69, 9.17) is 4.74 Å². The van der Waals surface area contributed by atoms with Gasteiger partial charge in [0.2, 0.25) is 0 Å². The topological polar surface area (TPSA) is 50.7 Å². The third kappa shape index (κ3) is 6.22. The number of ether oxygens (including phenoxy) is 1. The number of carbonyl (C=O) groups excluding carboxylic acids is 1. The highest BCUT2D eigenvalue weighted by Gasteiger charge is 2.36. The molecule has 134 valence electrons. The van der Waals surface area contributed by atoms with E-state index in [1.807, 2.05) is 0 Å². The lowest BCUT2D eigenvalue weighted by atomic mass is 10.0. The summed E-state index contributed by atoms with van der Waals surface area (Å²) in [6.45, 7) is 8.57. The summed E-state index contributed by atoms with van der Waals surface area (Å²) < 4.78 is 44.1. The first kappa shape index (κ1) is 20.0. The van der Waals surface area contributed by atoms with E-state index < -0.39 is 29.6 Å². The van der Waals surface area contributed by atoms with Gasteiger partial charge in [0.25, 0.3) is 0 Å². The molecule has 0 fully saturated rings. The second-order valence-electron chi connectivity index (χ2n) is 6.31. The zero-order valence-corrected chi connectivity index (χ0v) is 14.5. The Balaban J connectivity index is 2.87. The number of hydrogen-bond acceptors (Lipinski definition) is 3.